The van der Waals surface area contributed by atoms with Gasteiger partial charge in [-0.25, -0.2) is 4.99 Å². The molecule has 0 radical (unpaired) electrons. The number of carbonyl (C=O) groups is 2. The molecule has 0 aromatic heterocycles. The number of nitrogens with one attached hydrogen (secondary N) is 2. The normalized spacial score (nSPS) is 21.1. The molecule has 2 amide bonds. The zero-order valence-corrected chi connectivity index (χ0v) is 13.4. The van der Waals surface area contributed by atoms with E-state index in [2.05, 4.69) is 20.6 Å². The average Bonchev–Trinajstić information content (AvgIpc) is 3.01. The molecule has 3 rings (SSSR count). The first-order valence-corrected chi connectivity index (χ1v) is 7.93. The minimum atomic E-state index is -0.546. The van der Waals surface area contributed by atoms with E-state index >= 15 is 0 Å². The Kier molecular flexibility index (Phi) is 4.82. The van der Waals surface area contributed by atoms with E-state index in [9.17, 15) is 19.8 Å². The molecule has 1 aromatic rings. The lowest BCUT2D eigenvalue weighted by Crippen LogP contribution is -2.48. The number of nitrogens with zero attached hydrogens (tertiary/aromatic N) is 3. The second kappa shape index (κ2) is 7.20. The molecule has 2 atom stereocenters. The Morgan fingerprint density at radius 3 is 2.92 bits per heavy atom. The number of amides is 2. The SMILES string of the molecule is O=C(CCN1C=NC2C(=O)NC=NC21)NCCc1ccc(O)c(O)c1. The molecule has 9 nitrogen and oxygen atoms in total. The van der Waals surface area contributed by atoms with Crippen molar-refractivity contribution in [2.75, 3.05) is 13.1 Å². The number of benzene rings is 1. The highest BCUT2D eigenvalue weighted by Crippen LogP contribution is 2.24. The van der Waals surface area contributed by atoms with Crippen LogP contribution in [0.4, 0.5) is 0 Å². The van der Waals surface area contributed by atoms with Crippen LogP contribution in [0.15, 0.2) is 28.2 Å². The first-order chi connectivity index (χ1) is 12.0. The third kappa shape index (κ3) is 3.87. The van der Waals surface area contributed by atoms with E-state index < -0.39 is 6.04 Å². The Bertz CT molecular complexity index is 733. The van der Waals surface area contributed by atoms with Crippen LogP contribution in [0.3, 0.4) is 0 Å². The van der Waals surface area contributed by atoms with Gasteiger partial charge in [-0.2, -0.15) is 0 Å². The number of hydrogen-bond acceptors (Lipinski definition) is 7. The number of aromatic hydroxyl groups is 2. The van der Waals surface area contributed by atoms with Crippen LogP contribution in [-0.2, 0) is 16.0 Å². The van der Waals surface area contributed by atoms with Gasteiger partial charge in [-0.05, 0) is 24.1 Å². The molecule has 0 spiro atoms. The third-order valence-electron chi connectivity index (χ3n) is 4.07. The van der Waals surface area contributed by atoms with Crippen LogP contribution in [0.1, 0.15) is 12.0 Å². The number of hydrogen-bond donors (Lipinski definition) is 4. The Morgan fingerprint density at radius 2 is 2.12 bits per heavy atom. The summed E-state index contributed by atoms with van der Waals surface area (Å²) in [4.78, 5) is 33.6. The topological polar surface area (TPSA) is 127 Å². The smallest absolute Gasteiger partial charge is 0.254 e. The lowest BCUT2D eigenvalue weighted by molar-refractivity contribution is -0.121. The fourth-order valence-electron chi connectivity index (χ4n) is 2.70. The summed E-state index contributed by atoms with van der Waals surface area (Å²) < 4.78 is 0. The molecular formula is C16H19N5O4. The molecule has 2 heterocycles. The minimum Gasteiger partial charge on any atom is -0.504 e. The van der Waals surface area contributed by atoms with Gasteiger partial charge in [-0.1, -0.05) is 6.07 Å². The second-order valence-corrected chi connectivity index (χ2v) is 5.82. The molecule has 0 saturated carbocycles. The van der Waals surface area contributed by atoms with E-state index in [4.69, 9.17) is 0 Å². The maximum Gasteiger partial charge on any atom is 0.254 e. The van der Waals surface area contributed by atoms with E-state index in [1.54, 1.807) is 17.3 Å². The van der Waals surface area contributed by atoms with Gasteiger partial charge >= 0.3 is 0 Å². The standard InChI is InChI=1S/C16H19N5O4/c22-11-2-1-10(7-12(11)23)3-5-17-13(24)4-6-21-9-20-14-15(21)18-8-19-16(14)25/h1-2,7-9,14-15,22-23H,3-6H2,(H,17,24)(H,18,19,25). The molecular weight excluding hydrogens is 326 g/mol. The van der Waals surface area contributed by atoms with Crippen LogP contribution in [0.25, 0.3) is 0 Å². The molecule has 4 N–H and O–H groups in total. The summed E-state index contributed by atoms with van der Waals surface area (Å²) in [6.45, 7) is 0.838. The molecule has 25 heavy (non-hydrogen) atoms. The summed E-state index contributed by atoms with van der Waals surface area (Å²) in [5, 5.41) is 24.0. The maximum atomic E-state index is 11.9. The van der Waals surface area contributed by atoms with Gasteiger partial charge in [0.1, 0.15) is 0 Å². The molecule has 0 saturated heterocycles. The summed E-state index contributed by atoms with van der Waals surface area (Å²) in [5.41, 5.74) is 0.813. The summed E-state index contributed by atoms with van der Waals surface area (Å²) in [5.74, 6) is -0.661. The summed E-state index contributed by atoms with van der Waals surface area (Å²) in [6, 6.07) is 4.02. The number of fused-ring (bicyclic) bond motifs is 1. The Morgan fingerprint density at radius 1 is 1.28 bits per heavy atom. The predicted molar refractivity (Wildman–Crippen MR) is 90.5 cm³/mol. The predicted octanol–water partition coefficient (Wildman–Crippen LogP) is -0.657. The highest BCUT2D eigenvalue weighted by Gasteiger charge is 2.37. The maximum absolute atomic E-state index is 11.9. The number of rotatable bonds is 6. The van der Waals surface area contributed by atoms with Crippen molar-refractivity contribution in [3.8, 4) is 11.5 Å². The van der Waals surface area contributed by atoms with Gasteiger partial charge in [0.15, 0.2) is 23.7 Å². The van der Waals surface area contributed by atoms with Crippen LogP contribution in [0, 0.1) is 0 Å². The minimum absolute atomic E-state index is 0.121. The largest absolute Gasteiger partial charge is 0.504 e. The zero-order chi connectivity index (χ0) is 17.8. The highest BCUT2D eigenvalue weighted by molar-refractivity contribution is 5.96. The van der Waals surface area contributed by atoms with E-state index in [0.717, 1.165) is 5.56 Å². The van der Waals surface area contributed by atoms with Crippen molar-refractivity contribution in [2.45, 2.75) is 25.0 Å². The Hall–Kier alpha value is -3.10. The molecule has 9 heteroatoms. The van der Waals surface area contributed by atoms with Crippen molar-refractivity contribution in [1.29, 1.82) is 0 Å². The van der Waals surface area contributed by atoms with E-state index in [-0.39, 0.29) is 35.9 Å². The van der Waals surface area contributed by atoms with E-state index in [1.807, 2.05) is 0 Å². The number of phenols is 2. The van der Waals surface area contributed by atoms with Crippen molar-refractivity contribution in [1.82, 2.24) is 15.5 Å². The molecule has 2 aliphatic rings. The summed E-state index contributed by atoms with van der Waals surface area (Å²) in [6.07, 6.45) is 3.34. The first-order valence-electron chi connectivity index (χ1n) is 7.93. The first kappa shape index (κ1) is 16.7. The van der Waals surface area contributed by atoms with Crippen LogP contribution >= 0.6 is 0 Å². The molecule has 132 valence electrons. The van der Waals surface area contributed by atoms with Gasteiger partial charge in [0.05, 0.1) is 12.7 Å². The van der Waals surface area contributed by atoms with Gasteiger partial charge in [-0.3, -0.25) is 14.6 Å². The number of phenolic OH excluding ortho intramolecular Hbond substituents is 2. The lowest BCUT2D eigenvalue weighted by Gasteiger charge is -2.25. The van der Waals surface area contributed by atoms with Crippen LogP contribution in [0.2, 0.25) is 0 Å². The van der Waals surface area contributed by atoms with Gasteiger partial charge in [0, 0.05) is 19.5 Å². The van der Waals surface area contributed by atoms with Gasteiger partial charge in [0.25, 0.3) is 5.91 Å². The summed E-state index contributed by atoms with van der Waals surface area (Å²) in [7, 11) is 0. The number of aliphatic imine (C=N–C) groups is 2. The molecule has 0 bridgehead atoms. The quantitative estimate of drug-likeness (QED) is 0.509. The fraction of sp³-hybridized carbons (Fsp3) is 0.375. The molecule has 2 aliphatic heterocycles. The van der Waals surface area contributed by atoms with Crippen molar-refractivity contribution in [3.63, 3.8) is 0 Å². The molecule has 2 unspecified atom stereocenters. The zero-order valence-electron chi connectivity index (χ0n) is 13.4. The third-order valence-corrected chi connectivity index (χ3v) is 4.07. The Labute approximate surface area is 144 Å². The van der Waals surface area contributed by atoms with E-state index in [1.165, 1.54) is 18.5 Å². The molecule has 0 aliphatic carbocycles. The Balaban J connectivity index is 1.40. The van der Waals surface area contributed by atoms with Gasteiger partial charge in [-0.15, -0.1) is 0 Å². The average molecular weight is 345 g/mol. The van der Waals surface area contributed by atoms with Gasteiger partial charge in [0.2, 0.25) is 5.91 Å². The molecule has 1 aromatic carbocycles. The van der Waals surface area contributed by atoms with Crippen LogP contribution < -0.4 is 10.6 Å². The van der Waals surface area contributed by atoms with Crippen molar-refractivity contribution in [3.05, 3.63) is 23.8 Å². The van der Waals surface area contributed by atoms with Crippen molar-refractivity contribution in [2.24, 2.45) is 9.98 Å². The van der Waals surface area contributed by atoms with E-state index in [0.29, 0.717) is 19.5 Å². The monoisotopic (exact) mass is 345 g/mol. The summed E-state index contributed by atoms with van der Waals surface area (Å²) >= 11 is 0. The highest BCUT2D eigenvalue weighted by atomic mass is 16.3. The van der Waals surface area contributed by atoms with Crippen molar-refractivity contribution >= 4 is 24.5 Å². The lowest BCUT2D eigenvalue weighted by atomic mass is 10.1. The van der Waals surface area contributed by atoms with Gasteiger partial charge < -0.3 is 25.7 Å². The van der Waals surface area contributed by atoms with Crippen LogP contribution in [-0.4, -0.2) is 64.9 Å². The number of carbonyl (C=O) groups excluding carboxylic acids is 2. The van der Waals surface area contributed by atoms with Crippen molar-refractivity contribution < 1.29 is 19.8 Å². The second-order valence-electron chi connectivity index (χ2n) is 5.82. The van der Waals surface area contributed by atoms with Crippen LogP contribution in [0.5, 0.6) is 11.5 Å². The molecule has 0 fully saturated rings. The fourth-order valence-corrected chi connectivity index (χ4v) is 2.70.